The van der Waals surface area contributed by atoms with Crippen molar-refractivity contribution >= 4 is 34.9 Å². The van der Waals surface area contributed by atoms with E-state index in [0.29, 0.717) is 23.7 Å². The Bertz CT molecular complexity index is 1150. The van der Waals surface area contributed by atoms with Gasteiger partial charge < -0.3 is 5.32 Å². The number of thiophene rings is 1. The molecule has 4 rings (SSSR count). The van der Waals surface area contributed by atoms with Crippen LogP contribution in [-0.2, 0) is 30.7 Å². The Morgan fingerprint density at radius 3 is 2.77 bits per heavy atom. The zero-order valence-electron chi connectivity index (χ0n) is 17.1. The van der Waals surface area contributed by atoms with Crippen LogP contribution < -0.4 is 5.32 Å². The van der Waals surface area contributed by atoms with Crippen LogP contribution in [0.4, 0.5) is 9.39 Å². The van der Waals surface area contributed by atoms with Crippen molar-refractivity contribution in [2.45, 2.75) is 43.8 Å². The lowest BCUT2D eigenvalue weighted by Crippen LogP contribution is -2.37. The summed E-state index contributed by atoms with van der Waals surface area (Å²) in [7, 11) is 0. The van der Waals surface area contributed by atoms with Crippen LogP contribution in [0.1, 0.15) is 34.1 Å². The zero-order valence-corrected chi connectivity index (χ0v) is 18.8. The number of thiol groups is 1. The van der Waals surface area contributed by atoms with Crippen molar-refractivity contribution < 1.29 is 9.18 Å². The van der Waals surface area contributed by atoms with Crippen molar-refractivity contribution in [3.8, 4) is 6.07 Å². The van der Waals surface area contributed by atoms with Crippen molar-refractivity contribution in [1.82, 2.24) is 4.90 Å². The summed E-state index contributed by atoms with van der Waals surface area (Å²) in [6.07, 6.45) is 0.965. The van der Waals surface area contributed by atoms with Gasteiger partial charge in [0.2, 0.25) is 5.91 Å². The SMILES string of the molecule is CC1Cc2c(sc(NC(=O)Cc3ccc(S)cc3)c2C#N)CN1Cc1cccc(F)c1. The van der Waals surface area contributed by atoms with Gasteiger partial charge in [0.05, 0.1) is 12.0 Å². The number of benzene rings is 2. The summed E-state index contributed by atoms with van der Waals surface area (Å²) < 4.78 is 13.6. The van der Waals surface area contributed by atoms with E-state index in [1.54, 1.807) is 12.1 Å². The molecule has 0 saturated carbocycles. The van der Waals surface area contributed by atoms with Gasteiger partial charge in [-0.15, -0.1) is 24.0 Å². The molecule has 0 fully saturated rings. The molecule has 0 aliphatic carbocycles. The summed E-state index contributed by atoms with van der Waals surface area (Å²) in [5.74, 6) is -0.383. The second kappa shape index (κ2) is 9.23. The number of hydrogen-bond donors (Lipinski definition) is 2. The van der Waals surface area contributed by atoms with Crippen LogP contribution in [0, 0.1) is 17.1 Å². The first kappa shape index (κ1) is 21.6. The Morgan fingerprint density at radius 1 is 1.29 bits per heavy atom. The monoisotopic (exact) mass is 451 g/mol. The summed E-state index contributed by atoms with van der Waals surface area (Å²) >= 11 is 5.73. The molecular weight excluding hydrogens is 429 g/mol. The molecule has 0 bridgehead atoms. The molecule has 2 aromatic carbocycles. The Balaban J connectivity index is 1.50. The fraction of sp³-hybridized carbons (Fsp3) is 0.250. The third-order valence-corrected chi connectivity index (χ3v) is 6.93. The van der Waals surface area contributed by atoms with Gasteiger partial charge in [-0.25, -0.2) is 4.39 Å². The number of anilines is 1. The fourth-order valence-corrected chi connectivity index (χ4v) is 5.25. The van der Waals surface area contributed by atoms with Crippen molar-refractivity contribution in [3.63, 3.8) is 0 Å². The van der Waals surface area contributed by atoms with Gasteiger partial charge in [-0.1, -0.05) is 24.3 Å². The number of rotatable bonds is 5. The first-order valence-corrected chi connectivity index (χ1v) is 11.3. The number of nitrogens with zero attached hydrogens (tertiary/aromatic N) is 2. The molecule has 3 aromatic rings. The van der Waals surface area contributed by atoms with Crippen molar-refractivity contribution in [3.05, 3.63) is 81.5 Å². The Morgan fingerprint density at radius 2 is 2.06 bits per heavy atom. The van der Waals surface area contributed by atoms with E-state index < -0.39 is 0 Å². The number of carbonyl (C=O) groups excluding carboxylic acids is 1. The summed E-state index contributed by atoms with van der Waals surface area (Å²) in [5.41, 5.74) is 3.40. The molecule has 0 saturated heterocycles. The highest BCUT2D eigenvalue weighted by Gasteiger charge is 2.29. The molecule has 2 heterocycles. The second-order valence-corrected chi connectivity index (χ2v) is 9.42. The van der Waals surface area contributed by atoms with Crippen LogP contribution in [0.25, 0.3) is 0 Å². The lowest BCUT2D eigenvalue weighted by Gasteiger charge is -2.33. The van der Waals surface area contributed by atoms with Gasteiger partial charge in [0.1, 0.15) is 16.9 Å². The molecule has 1 aliphatic rings. The van der Waals surface area contributed by atoms with Crippen molar-refractivity contribution in [1.29, 1.82) is 5.26 Å². The van der Waals surface area contributed by atoms with E-state index in [1.807, 2.05) is 30.3 Å². The minimum absolute atomic E-state index is 0.147. The third kappa shape index (κ3) is 4.99. The lowest BCUT2D eigenvalue weighted by atomic mass is 9.97. The van der Waals surface area contributed by atoms with Crippen LogP contribution >= 0.6 is 24.0 Å². The minimum atomic E-state index is -0.236. The zero-order chi connectivity index (χ0) is 22.0. The van der Waals surface area contributed by atoms with Gasteiger partial charge in [-0.3, -0.25) is 9.69 Å². The van der Waals surface area contributed by atoms with E-state index in [-0.39, 0.29) is 24.2 Å². The topological polar surface area (TPSA) is 56.1 Å². The minimum Gasteiger partial charge on any atom is -0.316 e. The van der Waals surface area contributed by atoms with E-state index in [9.17, 15) is 14.4 Å². The van der Waals surface area contributed by atoms with Gasteiger partial charge >= 0.3 is 0 Å². The molecular formula is C24H22FN3OS2. The molecule has 1 atom stereocenters. The smallest absolute Gasteiger partial charge is 0.229 e. The van der Waals surface area contributed by atoms with E-state index >= 15 is 0 Å². The quantitative estimate of drug-likeness (QED) is 0.526. The van der Waals surface area contributed by atoms with Crippen molar-refractivity contribution in [2.75, 3.05) is 5.32 Å². The molecule has 31 heavy (non-hydrogen) atoms. The van der Waals surface area contributed by atoms with Gasteiger partial charge in [0, 0.05) is 28.9 Å². The maximum atomic E-state index is 13.6. The van der Waals surface area contributed by atoms with Crippen LogP contribution in [0.2, 0.25) is 0 Å². The number of amides is 1. The van der Waals surface area contributed by atoms with E-state index in [0.717, 1.165) is 32.9 Å². The standard InChI is InChI=1S/C24H22FN3OS2/c1-15-9-20-21(12-26)24(27-23(29)11-16-5-7-19(30)8-6-16)31-22(20)14-28(15)13-17-3-2-4-18(25)10-17/h2-8,10,15,30H,9,11,13-14H2,1H3,(H,27,29). The Kier molecular flexibility index (Phi) is 6.42. The van der Waals surface area contributed by atoms with E-state index in [1.165, 1.54) is 17.4 Å². The molecule has 1 aliphatic heterocycles. The summed E-state index contributed by atoms with van der Waals surface area (Å²) in [5, 5.41) is 13.3. The molecule has 7 heteroatoms. The van der Waals surface area contributed by atoms with Gasteiger partial charge in [0.15, 0.2) is 0 Å². The van der Waals surface area contributed by atoms with Gasteiger partial charge in [-0.05, 0) is 54.3 Å². The average Bonchev–Trinajstić information content (AvgIpc) is 3.05. The molecule has 158 valence electrons. The first-order valence-electron chi connectivity index (χ1n) is 10.0. The number of nitrogens with one attached hydrogen (secondary N) is 1. The predicted octanol–water partition coefficient (Wildman–Crippen LogP) is 5.18. The highest BCUT2D eigenvalue weighted by atomic mass is 32.1. The molecule has 1 amide bonds. The molecule has 1 unspecified atom stereocenters. The lowest BCUT2D eigenvalue weighted by molar-refractivity contribution is -0.115. The molecule has 1 N–H and O–H groups in total. The third-order valence-electron chi connectivity index (χ3n) is 5.50. The number of hydrogen-bond acceptors (Lipinski definition) is 5. The fourth-order valence-electron chi connectivity index (χ4n) is 3.88. The van der Waals surface area contributed by atoms with Crippen LogP contribution in [0.15, 0.2) is 53.4 Å². The van der Waals surface area contributed by atoms with E-state index in [2.05, 4.69) is 35.8 Å². The maximum Gasteiger partial charge on any atom is 0.229 e. The summed E-state index contributed by atoms with van der Waals surface area (Å²) in [6.45, 7) is 3.43. The van der Waals surface area contributed by atoms with Gasteiger partial charge in [0.25, 0.3) is 0 Å². The number of carbonyl (C=O) groups is 1. The normalized spacial score (nSPS) is 15.9. The molecule has 0 radical (unpaired) electrons. The summed E-state index contributed by atoms with van der Waals surface area (Å²) in [4.78, 5) is 16.8. The first-order chi connectivity index (χ1) is 14.9. The van der Waals surface area contributed by atoms with E-state index in [4.69, 9.17) is 0 Å². The Labute approximate surface area is 190 Å². The Hall–Kier alpha value is -2.66. The van der Waals surface area contributed by atoms with Crippen LogP contribution in [0.3, 0.4) is 0 Å². The average molecular weight is 452 g/mol. The number of nitriles is 1. The number of fused-ring (bicyclic) bond motifs is 1. The van der Waals surface area contributed by atoms with Crippen LogP contribution in [-0.4, -0.2) is 16.8 Å². The van der Waals surface area contributed by atoms with Crippen LogP contribution in [0.5, 0.6) is 0 Å². The molecule has 0 spiro atoms. The highest BCUT2D eigenvalue weighted by molar-refractivity contribution is 7.80. The number of halogens is 1. The maximum absolute atomic E-state index is 13.6. The summed E-state index contributed by atoms with van der Waals surface area (Å²) in [6, 6.07) is 16.6. The van der Waals surface area contributed by atoms with Crippen molar-refractivity contribution in [2.24, 2.45) is 0 Å². The second-order valence-electron chi connectivity index (χ2n) is 7.80. The molecule has 1 aromatic heterocycles. The predicted molar refractivity (Wildman–Crippen MR) is 124 cm³/mol. The largest absolute Gasteiger partial charge is 0.316 e. The highest BCUT2D eigenvalue weighted by Crippen LogP contribution is 2.38. The van der Waals surface area contributed by atoms with Gasteiger partial charge in [-0.2, -0.15) is 5.26 Å². The molecule has 4 nitrogen and oxygen atoms in total.